The third kappa shape index (κ3) is 6.13. The van der Waals surface area contributed by atoms with Crippen LogP contribution >= 0.6 is 0 Å². The number of ether oxygens (including phenoxy) is 1. The third-order valence-corrected chi connectivity index (χ3v) is 8.14. The number of aromatic nitrogens is 3. The average molecular weight is 553 g/mol. The van der Waals surface area contributed by atoms with E-state index in [-0.39, 0.29) is 28.1 Å². The van der Waals surface area contributed by atoms with Crippen molar-refractivity contribution in [3.63, 3.8) is 0 Å². The molecule has 0 saturated carbocycles. The Hall–Kier alpha value is -3.73. The van der Waals surface area contributed by atoms with Gasteiger partial charge in [-0.1, -0.05) is 19.9 Å². The van der Waals surface area contributed by atoms with Crippen LogP contribution in [0.4, 0.5) is 11.6 Å². The Morgan fingerprint density at radius 3 is 2.62 bits per heavy atom. The van der Waals surface area contributed by atoms with Gasteiger partial charge >= 0.3 is 0 Å². The highest BCUT2D eigenvalue weighted by Gasteiger charge is 2.39. The molecule has 0 radical (unpaired) electrons. The number of nitrogen functional groups attached to an aromatic ring is 1. The molecular weight excluding hydrogens is 516 g/mol. The zero-order valence-electron chi connectivity index (χ0n) is 23.2. The Morgan fingerprint density at radius 1 is 1.26 bits per heavy atom. The number of sulfonamides is 1. The number of nitrogens with two attached hydrogens (primary N) is 1. The molecular formula is C28H36N6O4S. The van der Waals surface area contributed by atoms with Crippen molar-refractivity contribution in [2.75, 3.05) is 17.2 Å². The minimum absolute atomic E-state index is 0.0364. The SMILES string of the molecule is CC[C@@H](C)Oc1ncc(-c2ccc(C(=O)NS(=O)(=O)c3cccc(N)n3)c(N3C[C@@H](C)CC3(C)C)n2)cc1C. The van der Waals surface area contributed by atoms with Crippen molar-refractivity contribution in [1.29, 1.82) is 0 Å². The van der Waals surface area contributed by atoms with E-state index in [1.54, 1.807) is 18.3 Å². The van der Waals surface area contributed by atoms with Crippen molar-refractivity contribution in [1.82, 2.24) is 19.7 Å². The Kier molecular flexibility index (Phi) is 7.83. The number of hydrogen-bond donors (Lipinski definition) is 2. The van der Waals surface area contributed by atoms with Crippen molar-refractivity contribution < 1.29 is 17.9 Å². The molecule has 1 amide bonds. The summed E-state index contributed by atoms with van der Waals surface area (Å²) in [5, 5.41) is -0.335. The van der Waals surface area contributed by atoms with Gasteiger partial charge in [-0.2, -0.15) is 8.42 Å². The predicted molar refractivity (Wildman–Crippen MR) is 151 cm³/mol. The molecule has 4 heterocycles. The van der Waals surface area contributed by atoms with Gasteiger partial charge in [-0.15, -0.1) is 0 Å². The second-order valence-corrected chi connectivity index (χ2v) is 12.4. The second-order valence-electron chi connectivity index (χ2n) is 10.8. The molecule has 3 N–H and O–H groups in total. The number of aryl methyl sites for hydroxylation is 1. The summed E-state index contributed by atoms with van der Waals surface area (Å²) in [5.41, 5.74) is 7.75. The highest BCUT2D eigenvalue weighted by Crippen LogP contribution is 2.38. The van der Waals surface area contributed by atoms with Gasteiger partial charge in [0.25, 0.3) is 15.9 Å². The third-order valence-electron chi connectivity index (χ3n) is 6.91. The molecule has 39 heavy (non-hydrogen) atoms. The zero-order chi connectivity index (χ0) is 28.5. The molecule has 1 fully saturated rings. The molecule has 0 unspecified atom stereocenters. The minimum atomic E-state index is -4.26. The van der Waals surface area contributed by atoms with Gasteiger partial charge in [0.2, 0.25) is 5.88 Å². The monoisotopic (exact) mass is 552 g/mol. The highest BCUT2D eigenvalue weighted by molar-refractivity contribution is 7.90. The Morgan fingerprint density at radius 2 is 2.00 bits per heavy atom. The number of pyridine rings is 3. The standard InChI is InChI=1S/C28H36N6O4S/c1-7-19(4)38-27-18(3)13-20(15-30-27)22-12-11-21(25(31-22)34-16-17(2)14-28(34,5)6)26(35)33-39(36,37)24-10-8-9-23(29)32-24/h8-13,15,17,19H,7,14,16H2,1-6H3,(H2,29,32)(H,33,35)/t17-,19+/m0/s1. The molecule has 11 heteroatoms. The largest absolute Gasteiger partial charge is 0.474 e. The lowest BCUT2D eigenvalue weighted by Gasteiger charge is -2.34. The fourth-order valence-corrected chi connectivity index (χ4v) is 5.80. The van der Waals surface area contributed by atoms with Crippen molar-refractivity contribution in [3.05, 3.63) is 53.7 Å². The first kappa shape index (κ1) is 28.3. The average Bonchev–Trinajstić information content (AvgIpc) is 3.15. The van der Waals surface area contributed by atoms with E-state index in [1.807, 2.05) is 19.9 Å². The van der Waals surface area contributed by atoms with Gasteiger partial charge in [-0.25, -0.2) is 19.7 Å². The number of amides is 1. The van der Waals surface area contributed by atoms with E-state index in [9.17, 15) is 13.2 Å². The van der Waals surface area contributed by atoms with Gasteiger partial charge in [0.1, 0.15) is 11.6 Å². The molecule has 208 valence electrons. The maximum atomic E-state index is 13.4. The minimum Gasteiger partial charge on any atom is -0.474 e. The molecule has 3 aromatic rings. The molecule has 1 saturated heterocycles. The van der Waals surface area contributed by atoms with Gasteiger partial charge in [0.15, 0.2) is 5.03 Å². The number of carbonyl (C=O) groups excluding carboxylic acids is 1. The molecule has 3 aromatic heterocycles. The van der Waals surface area contributed by atoms with Crippen LogP contribution in [0.5, 0.6) is 5.88 Å². The molecule has 1 aliphatic rings. The molecule has 0 spiro atoms. The van der Waals surface area contributed by atoms with E-state index in [0.717, 1.165) is 24.0 Å². The van der Waals surface area contributed by atoms with Crippen molar-refractivity contribution >= 4 is 27.6 Å². The summed E-state index contributed by atoms with van der Waals surface area (Å²) in [4.78, 5) is 28.7. The summed E-state index contributed by atoms with van der Waals surface area (Å²) in [6, 6.07) is 9.47. The molecule has 0 aromatic carbocycles. The molecule has 1 aliphatic heterocycles. The Balaban J connectivity index is 1.74. The van der Waals surface area contributed by atoms with Crippen LogP contribution in [0.2, 0.25) is 0 Å². The highest BCUT2D eigenvalue weighted by atomic mass is 32.2. The summed E-state index contributed by atoms with van der Waals surface area (Å²) in [6.07, 6.45) is 3.51. The quantitative estimate of drug-likeness (QED) is 0.417. The molecule has 0 aliphatic carbocycles. The van der Waals surface area contributed by atoms with E-state index in [0.29, 0.717) is 29.9 Å². The molecule has 2 atom stereocenters. The fraction of sp³-hybridized carbons (Fsp3) is 0.429. The summed E-state index contributed by atoms with van der Waals surface area (Å²) in [5.74, 6) is 0.582. The fourth-order valence-electron chi connectivity index (χ4n) is 4.86. The lowest BCUT2D eigenvalue weighted by Crippen LogP contribution is -2.41. The van der Waals surface area contributed by atoms with Crippen molar-refractivity contribution in [2.45, 2.75) is 71.1 Å². The number of nitrogens with zero attached hydrogens (tertiary/aromatic N) is 4. The van der Waals surface area contributed by atoms with Crippen molar-refractivity contribution in [2.24, 2.45) is 5.92 Å². The van der Waals surface area contributed by atoms with Gasteiger partial charge < -0.3 is 15.4 Å². The number of nitrogens with one attached hydrogen (secondary N) is 1. The van der Waals surface area contributed by atoms with Crippen LogP contribution in [0.25, 0.3) is 11.3 Å². The van der Waals surface area contributed by atoms with E-state index in [2.05, 4.69) is 47.3 Å². The van der Waals surface area contributed by atoms with Crippen LogP contribution in [0, 0.1) is 12.8 Å². The number of rotatable bonds is 8. The first-order valence-electron chi connectivity index (χ1n) is 13.0. The van der Waals surface area contributed by atoms with Crippen LogP contribution in [0.1, 0.15) is 63.4 Å². The summed E-state index contributed by atoms with van der Waals surface area (Å²) in [7, 11) is -4.26. The van der Waals surface area contributed by atoms with Crippen LogP contribution in [-0.4, -0.2) is 47.5 Å². The number of anilines is 2. The lowest BCUT2D eigenvalue weighted by molar-refractivity contribution is 0.0981. The van der Waals surface area contributed by atoms with E-state index >= 15 is 0 Å². The second kappa shape index (κ2) is 10.8. The molecule has 10 nitrogen and oxygen atoms in total. The van der Waals surface area contributed by atoms with Crippen LogP contribution < -0.4 is 20.1 Å². The summed E-state index contributed by atoms with van der Waals surface area (Å²) < 4.78 is 33.9. The molecule has 0 bridgehead atoms. The topological polar surface area (TPSA) is 140 Å². The van der Waals surface area contributed by atoms with Crippen LogP contribution in [0.15, 0.2) is 47.6 Å². The lowest BCUT2D eigenvalue weighted by atomic mass is 9.97. The Labute approximate surface area is 230 Å². The summed E-state index contributed by atoms with van der Waals surface area (Å²) >= 11 is 0. The van der Waals surface area contributed by atoms with Crippen LogP contribution in [0.3, 0.4) is 0 Å². The molecule has 4 rings (SSSR count). The van der Waals surface area contributed by atoms with E-state index < -0.39 is 15.9 Å². The van der Waals surface area contributed by atoms with Gasteiger partial charge in [0.05, 0.1) is 17.4 Å². The maximum Gasteiger partial charge on any atom is 0.281 e. The number of hydrogen-bond acceptors (Lipinski definition) is 9. The van der Waals surface area contributed by atoms with Crippen molar-refractivity contribution in [3.8, 4) is 17.1 Å². The zero-order valence-corrected chi connectivity index (χ0v) is 24.0. The maximum absolute atomic E-state index is 13.4. The van der Waals surface area contributed by atoms with Gasteiger partial charge in [-0.3, -0.25) is 4.79 Å². The first-order chi connectivity index (χ1) is 18.3. The van der Waals surface area contributed by atoms with Gasteiger partial charge in [-0.05, 0) is 76.8 Å². The van der Waals surface area contributed by atoms with E-state index in [4.69, 9.17) is 15.5 Å². The first-order valence-corrected chi connectivity index (χ1v) is 14.5. The van der Waals surface area contributed by atoms with Gasteiger partial charge in [0, 0.05) is 29.4 Å². The smallest absolute Gasteiger partial charge is 0.281 e. The van der Waals surface area contributed by atoms with Crippen LogP contribution in [-0.2, 0) is 10.0 Å². The van der Waals surface area contributed by atoms with E-state index in [1.165, 1.54) is 18.2 Å². The number of carbonyl (C=O) groups is 1. The predicted octanol–water partition coefficient (Wildman–Crippen LogP) is 4.35. The Bertz CT molecular complexity index is 1490. The normalized spacial score (nSPS) is 17.6. The summed E-state index contributed by atoms with van der Waals surface area (Å²) in [6.45, 7) is 13.0.